The Balaban J connectivity index is 1.91. The van der Waals surface area contributed by atoms with Crippen LogP contribution in [0.1, 0.15) is 41.5 Å². The molecule has 2 aliphatic rings. The van der Waals surface area contributed by atoms with E-state index in [4.69, 9.17) is 19.5 Å². The first-order valence-corrected chi connectivity index (χ1v) is 8.09. The molecule has 1 aliphatic heterocycles. The first-order chi connectivity index (χ1) is 10.5. The Hall–Kier alpha value is -1.30. The van der Waals surface area contributed by atoms with Crippen LogP contribution in [0.15, 0.2) is 11.8 Å². The molecule has 0 aromatic heterocycles. The molecule has 1 aliphatic carbocycles. The molecule has 0 radical (unpaired) electrons. The van der Waals surface area contributed by atoms with Crippen LogP contribution in [-0.2, 0) is 18.9 Å². The maximum Gasteiger partial charge on any atom is 0.314 e. The van der Waals surface area contributed by atoms with Gasteiger partial charge < -0.3 is 19.5 Å². The largest absolute Gasteiger partial charge is 0.496 e. The van der Waals surface area contributed by atoms with Crippen molar-refractivity contribution in [1.82, 2.24) is 0 Å². The average molecular weight is 321 g/mol. The lowest BCUT2D eigenvalue weighted by molar-refractivity contribution is -0.153. The molecule has 1 fully saturated rings. The van der Waals surface area contributed by atoms with E-state index in [1.54, 1.807) is 13.8 Å². The van der Waals surface area contributed by atoms with Crippen molar-refractivity contribution >= 4 is 19.1 Å². The fourth-order valence-electron chi connectivity index (χ4n) is 3.01. The molecule has 0 aromatic rings. The third-order valence-corrected chi connectivity index (χ3v) is 5.54. The third-order valence-electron chi connectivity index (χ3n) is 5.54. The van der Waals surface area contributed by atoms with Crippen LogP contribution < -0.4 is 0 Å². The summed E-state index contributed by atoms with van der Waals surface area (Å²) in [5, 5.41) is 7.78. The summed E-state index contributed by atoms with van der Waals surface area (Å²) < 4.78 is 16.6. The highest BCUT2D eigenvalue weighted by Crippen LogP contribution is 2.59. The van der Waals surface area contributed by atoms with Gasteiger partial charge in [-0.3, -0.25) is 4.79 Å². The molecular formula is C17H28BNO4. The number of allylic oxidation sites excluding steroid dienone is 2. The van der Waals surface area contributed by atoms with Crippen molar-refractivity contribution in [3.05, 3.63) is 11.8 Å². The molecule has 1 N–H and O–H groups in total. The molecule has 0 saturated carbocycles. The highest BCUT2D eigenvalue weighted by molar-refractivity contribution is 6.64. The van der Waals surface area contributed by atoms with Gasteiger partial charge in [-0.1, -0.05) is 13.8 Å². The van der Waals surface area contributed by atoms with Crippen LogP contribution in [-0.4, -0.2) is 38.4 Å². The molecule has 2 rings (SSSR count). The highest BCUT2D eigenvalue weighted by Gasteiger charge is 2.63. The van der Waals surface area contributed by atoms with Crippen LogP contribution in [0, 0.1) is 16.7 Å². The first-order valence-electron chi connectivity index (χ1n) is 8.09. The van der Waals surface area contributed by atoms with E-state index in [1.165, 1.54) is 13.3 Å². The fourth-order valence-corrected chi connectivity index (χ4v) is 3.01. The van der Waals surface area contributed by atoms with Crippen LogP contribution in [0.25, 0.3) is 0 Å². The third kappa shape index (κ3) is 3.05. The van der Waals surface area contributed by atoms with Crippen molar-refractivity contribution in [2.75, 3.05) is 13.7 Å². The zero-order valence-corrected chi connectivity index (χ0v) is 15.2. The molecule has 6 heteroatoms. The summed E-state index contributed by atoms with van der Waals surface area (Å²) in [7, 11) is 1.38. The summed E-state index contributed by atoms with van der Waals surface area (Å²) in [5.74, 6) is 0.638. The summed E-state index contributed by atoms with van der Waals surface area (Å²) in [5.41, 5.74) is -0.862. The van der Waals surface area contributed by atoms with Gasteiger partial charge in [0.2, 0.25) is 0 Å². The van der Waals surface area contributed by atoms with Crippen molar-refractivity contribution in [3.63, 3.8) is 0 Å². The van der Waals surface area contributed by atoms with E-state index in [0.29, 0.717) is 0 Å². The van der Waals surface area contributed by atoms with Gasteiger partial charge in [0.25, 0.3) is 0 Å². The predicted octanol–water partition coefficient (Wildman–Crippen LogP) is 3.32. The lowest BCUT2D eigenvalue weighted by atomic mass is 9.30. The van der Waals surface area contributed by atoms with Gasteiger partial charge in [0.05, 0.1) is 18.3 Å². The molecule has 0 spiro atoms. The Kier molecular flexibility index (Phi) is 4.44. The summed E-state index contributed by atoms with van der Waals surface area (Å²) in [4.78, 5) is 11.7. The van der Waals surface area contributed by atoms with Crippen molar-refractivity contribution in [1.29, 1.82) is 5.41 Å². The number of hydrogen-bond acceptors (Lipinski definition) is 5. The van der Waals surface area contributed by atoms with Gasteiger partial charge in [0, 0.05) is 17.3 Å². The molecule has 2 unspecified atom stereocenters. The van der Waals surface area contributed by atoms with Crippen molar-refractivity contribution in [2.45, 2.75) is 58.3 Å². The van der Waals surface area contributed by atoms with Crippen molar-refractivity contribution < 1.29 is 18.9 Å². The molecule has 1 saturated heterocycles. The maximum absolute atomic E-state index is 11.7. The van der Waals surface area contributed by atoms with E-state index < -0.39 is 5.41 Å². The van der Waals surface area contributed by atoms with E-state index in [2.05, 4.69) is 27.7 Å². The minimum absolute atomic E-state index is 0.00203. The van der Waals surface area contributed by atoms with E-state index in [9.17, 15) is 4.79 Å². The van der Waals surface area contributed by atoms with E-state index in [0.717, 1.165) is 5.76 Å². The Bertz CT molecular complexity index is 539. The van der Waals surface area contributed by atoms with Crippen LogP contribution in [0.3, 0.4) is 0 Å². The monoisotopic (exact) mass is 321 g/mol. The second-order valence-electron chi connectivity index (χ2n) is 8.27. The summed E-state index contributed by atoms with van der Waals surface area (Å²) in [6.07, 6.45) is 3.47. The summed E-state index contributed by atoms with van der Waals surface area (Å²) in [6, 6.07) is 0. The number of esters is 1. The second kappa shape index (κ2) is 5.65. The summed E-state index contributed by atoms with van der Waals surface area (Å²) >= 11 is 0. The van der Waals surface area contributed by atoms with E-state index in [1.807, 2.05) is 6.08 Å². The Morgan fingerprint density at radius 1 is 1.48 bits per heavy atom. The minimum Gasteiger partial charge on any atom is -0.496 e. The maximum atomic E-state index is 11.7. The van der Waals surface area contributed by atoms with Gasteiger partial charge in [-0.2, -0.15) is 0 Å². The summed E-state index contributed by atoms with van der Waals surface area (Å²) in [6.45, 7) is 12.4. The molecule has 0 aromatic carbocycles. The van der Waals surface area contributed by atoms with Crippen LogP contribution in [0.5, 0.6) is 0 Å². The van der Waals surface area contributed by atoms with Crippen molar-refractivity contribution in [2.24, 2.45) is 11.3 Å². The predicted molar refractivity (Wildman–Crippen MR) is 90.8 cm³/mol. The number of carbonyl (C=O) groups excluding carboxylic acids is 1. The number of hydrogen-bond donors (Lipinski definition) is 1. The van der Waals surface area contributed by atoms with Gasteiger partial charge >= 0.3 is 12.9 Å². The number of ether oxygens (including phenoxy) is 2. The van der Waals surface area contributed by atoms with Crippen LogP contribution in [0.2, 0.25) is 11.1 Å². The Labute approximate surface area is 139 Å². The highest BCUT2D eigenvalue weighted by atomic mass is 16.5. The Morgan fingerprint density at radius 2 is 2.09 bits per heavy atom. The van der Waals surface area contributed by atoms with Gasteiger partial charge in [-0.25, -0.2) is 0 Å². The van der Waals surface area contributed by atoms with Crippen LogP contribution >= 0.6 is 0 Å². The number of rotatable bonds is 7. The smallest absolute Gasteiger partial charge is 0.314 e. The quantitative estimate of drug-likeness (QED) is 0.444. The van der Waals surface area contributed by atoms with Gasteiger partial charge in [-0.15, -0.1) is 0 Å². The topological polar surface area (TPSA) is 68.6 Å². The molecule has 0 bridgehead atoms. The van der Waals surface area contributed by atoms with E-state index in [-0.39, 0.29) is 42.1 Å². The lowest BCUT2D eigenvalue weighted by Crippen LogP contribution is -2.63. The van der Waals surface area contributed by atoms with Gasteiger partial charge in [0.15, 0.2) is 0 Å². The first kappa shape index (κ1) is 18.0. The SMILES string of the molecule is COC(=O)C(C)(C)COC1=CC1C(C=N)B1OC(C)(C)C1(C)C. The molecule has 0 amide bonds. The molecule has 1 heterocycles. The molecular weight excluding hydrogens is 293 g/mol. The van der Waals surface area contributed by atoms with Gasteiger partial charge in [0.1, 0.15) is 6.61 Å². The zero-order chi connectivity index (χ0) is 17.6. The zero-order valence-electron chi connectivity index (χ0n) is 15.2. The number of carbonyl (C=O) groups is 1. The van der Waals surface area contributed by atoms with Crippen molar-refractivity contribution in [3.8, 4) is 0 Å². The second-order valence-corrected chi connectivity index (χ2v) is 8.27. The minimum atomic E-state index is -0.683. The van der Waals surface area contributed by atoms with Crippen LogP contribution in [0.4, 0.5) is 0 Å². The Morgan fingerprint density at radius 3 is 2.52 bits per heavy atom. The number of nitrogens with one attached hydrogen (secondary N) is 1. The standard InChI is InChI=1S/C17H28BNO4/c1-15(2,14(20)21-7)10-22-13-8-11(13)12(9-19)18-16(3,4)17(5,6)23-18/h8-9,11-12,19H,10H2,1-7H3. The molecule has 5 nitrogen and oxygen atoms in total. The lowest BCUT2D eigenvalue weighted by Gasteiger charge is -2.58. The molecule has 128 valence electrons. The fraction of sp³-hybridized carbons (Fsp3) is 0.765. The normalized spacial score (nSPS) is 25.8. The molecule has 23 heavy (non-hydrogen) atoms. The average Bonchev–Trinajstić information content (AvgIpc) is 3.23. The van der Waals surface area contributed by atoms with E-state index >= 15 is 0 Å². The molecule has 2 atom stereocenters. The number of methoxy groups -OCH3 is 1. The van der Waals surface area contributed by atoms with Gasteiger partial charge in [-0.05, 0) is 45.3 Å².